The Labute approximate surface area is 130 Å². The molecule has 3 nitrogen and oxygen atoms in total. The highest BCUT2D eigenvalue weighted by Gasteiger charge is 2.23. The smallest absolute Gasteiger partial charge is 0.407 e. The SMILES string of the molecule is CCC(NC(=O)OC(C)(C)C)C(C)c1cccc(Br)c1. The van der Waals surface area contributed by atoms with Crippen molar-refractivity contribution in [2.24, 2.45) is 0 Å². The number of carbonyl (C=O) groups excluding carboxylic acids is 1. The fourth-order valence-corrected chi connectivity index (χ4v) is 2.48. The number of hydrogen-bond acceptors (Lipinski definition) is 2. The van der Waals surface area contributed by atoms with Gasteiger partial charge in [0.2, 0.25) is 0 Å². The van der Waals surface area contributed by atoms with Crippen LogP contribution in [-0.2, 0) is 4.74 Å². The van der Waals surface area contributed by atoms with Gasteiger partial charge in [0.05, 0.1) is 0 Å². The van der Waals surface area contributed by atoms with E-state index in [1.54, 1.807) is 0 Å². The van der Waals surface area contributed by atoms with Crippen LogP contribution in [0.15, 0.2) is 28.7 Å². The number of halogens is 1. The van der Waals surface area contributed by atoms with Crippen molar-refractivity contribution in [1.82, 2.24) is 5.32 Å². The number of hydrogen-bond donors (Lipinski definition) is 1. The fourth-order valence-electron chi connectivity index (χ4n) is 2.06. The second kappa shape index (κ2) is 7.11. The summed E-state index contributed by atoms with van der Waals surface area (Å²) in [5, 5.41) is 2.96. The number of ether oxygens (including phenoxy) is 1. The number of alkyl carbamates (subject to hydrolysis) is 1. The summed E-state index contributed by atoms with van der Waals surface area (Å²) in [6.07, 6.45) is 0.499. The summed E-state index contributed by atoms with van der Waals surface area (Å²) < 4.78 is 6.37. The average molecular weight is 342 g/mol. The second-order valence-corrected chi connectivity index (χ2v) is 6.92. The summed E-state index contributed by atoms with van der Waals surface area (Å²) in [5.74, 6) is 0.227. The summed E-state index contributed by atoms with van der Waals surface area (Å²) >= 11 is 3.48. The Balaban J connectivity index is 2.73. The van der Waals surface area contributed by atoms with Gasteiger partial charge < -0.3 is 10.1 Å². The summed E-state index contributed by atoms with van der Waals surface area (Å²) in [6.45, 7) is 9.78. The molecule has 2 unspecified atom stereocenters. The zero-order chi connectivity index (χ0) is 15.3. The van der Waals surface area contributed by atoms with Crippen LogP contribution in [0.3, 0.4) is 0 Å². The highest BCUT2D eigenvalue weighted by Crippen LogP contribution is 2.24. The monoisotopic (exact) mass is 341 g/mol. The molecule has 2 atom stereocenters. The molecule has 20 heavy (non-hydrogen) atoms. The van der Waals surface area contributed by atoms with E-state index in [2.05, 4.69) is 47.2 Å². The maximum atomic E-state index is 11.9. The van der Waals surface area contributed by atoms with Gasteiger partial charge in [-0.05, 0) is 44.9 Å². The lowest BCUT2D eigenvalue weighted by Crippen LogP contribution is -2.41. The van der Waals surface area contributed by atoms with E-state index >= 15 is 0 Å². The van der Waals surface area contributed by atoms with Gasteiger partial charge in [0.25, 0.3) is 0 Å². The fraction of sp³-hybridized carbons (Fsp3) is 0.562. The molecule has 0 radical (unpaired) electrons. The van der Waals surface area contributed by atoms with Crippen LogP contribution in [0.2, 0.25) is 0 Å². The Morgan fingerprint density at radius 2 is 2.05 bits per heavy atom. The molecule has 1 N–H and O–H groups in total. The van der Waals surface area contributed by atoms with Gasteiger partial charge in [-0.15, -0.1) is 0 Å². The zero-order valence-electron chi connectivity index (χ0n) is 12.9. The van der Waals surface area contributed by atoms with Gasteiger partial charge in [0.1, 0.15) is 5.60 Å². The molecule has 0 aromatic heterocycles. The van der Waals surface area contributed by atoms with Crippen molar-refractivity contribution in [3.05, 3.63) is 34.3 Å². The molecular formula is C16H24BrNO2. The molecular weight excluding hydrogens is 318 g/mol. The van der Waals surface area contributed by atoms with Crippen LogP contribution in [0.4, 0.5) is 4.79 Å². The first-order valence-electron chi connectivity index (χ1n) is 6.98. The first-order valence-corrected chi connectivity index (χ1v) is 7.77. The molecule has 4 heteroatoms. The van der Waals surface area contributed by atoms with Gasteiger partial charge in [0.15, 0.2) is 0 Å². The number of amides is 1. The molecule has 1 aromatic rings. The molecule has 0 aliphatic carbocycles. The quantitative estimate of drug-likeness (QED) is 0.849. The highest BCUT2D eigenvalue weighted by atomic mass is 79.9. The largest absolute Gasteiger partial charge is 0.444 e. The van der Waals surface area contributed by atoms with E-state index < -0.39 is 5.60 Å². The predicted octanol–water partition coefficient (Wildman–Crippen LogP) is 4.86. The molecule has 1 rings (SSSR count). The van der Waals surface area contributed by atoms with Crippen LogP contribution >= 0.6 is 15.9 Å². The number of benzene rings is 1. The van der Waals surface area contributed by atoms with Gasteiger partial charge in [-0.2, -0.15) is 0 Å². The maximum absolute atomic E-state index is 11.9. The minimum atomic E-state index is -0.471. The van der Waals surface area contributed by atoms with Crippen molar-refractivity contribution >= 4 is 22.0 Å². The molecule has 0 heterocycles. The first kappa shape index (κ1) is 17.0. The molecule has 0 fully saturated rings. The normalized spacial score (nSPS) is 14.5. The Kier molecular flexibility index (Phi) is 6.06. The maximum Gasteiger partial charge on any atom is 0.407 e. The minimum absolute atomic E-state index is 0.0548. The van der Waals surface area contributed by atoms with Crippen molar-refractivity contribution in [3.63, 3.8) is 0 Å². The third kappa shape index (κ3) is 5.53. The molecule has 0 aliphatic rings. The van der Waals surface area contributed by atoms with Crippen molar-refractivity contribution < 1.29 is 9.53 Å². The lowest BCUT2D eigenvalue weighted by Gasteiger charge is -2.27. The van der Waals surface area contributed by atoms with Crippen LogP contribution in [0.1, 0.15) is 52.5 Å². The van der Waals surface area contributed by atoms with E-state index in [9.17, 15) is 4.79 Å². The van der Waals surface area contributed by atoms with Crippen molar-refractivity contribution in [2.45, 2.75) is 58.6 Å². The van der Waals surface area contributed by atoms with E-state index in [1.807, 2.05) is 32.9 Å². The Bertz CT molecular complexity index is 454. The second-order valence-electron chi connectivity index (χ2n) is 6.00. The van der Waals surface area contributed by atoms with Gasteiger partial charge in [-0.3, -0.25) is 0 Å². The molecule has 1 amide bonds. The molecule has 0 spiro atoms. The molecule has 0 bridgehead atoms. The standard InChI is InChI=1S/C16H24BrNO2/c1-6-14(18-15(19)20-16(3,4)5)11(2)12-8-7-9-13(17)10-12/h7-11,14H,6H2,1-5H3,(H,18,19). The molecule has 0 saturated heterocycles. The Morgan fingerprint density at radius 1 is 1.40 bits per heavy atom. The Hall–Kier alpha value is -1.03. The van der Waals surface area contributed by atoms with Gasteiger partial charge in [-0.25, -0.2) is 4.79 Å². The van der Waals surface area contributed by atoms with Crippen LogP contribution in [-0.4, -0.2) is 17.7 Å². The van der Waals surface area contributed by atoms with E-state index in [4.69, 9.17) is 4.74 Å². The molecule has 0 saturated carbocycles. The summed E-state index contributed by atoms with van der Waals surface area (Å²) in [5.41, 5.74) is 0.726. The molecule has 112 valence electrons. The zero-order valence-corrected chi connectivity index (χ0v) is 14.5. The number of rotatable bonds is 4. The topological polar surface area (TPSA) is 38.3 Å². The summed E-state index contributed by atoms with van der Waals surface area (Å²) in [7, 11) is 0. The molecule has 1 aromatic carbocycles. The van der Waals surface area contributed by atoms with Crippen molar-refractivity contribution in [3.8, 4) is 0 Å². The minimum Gasteiger partial charge on any atom is -0.444 e. The lowest BCUT2D eigenvalue weighted by atomic mass is 9.92. The first-order chi connectivity index (χ1) is 9.23. The summed E-state index contributed by atoms with van der Waals surface area (Å²) in [6, 6.07) is 8.23. The third-order valence-electron chi connectivity index (χ3n) is 3.12. The third-order valence-corrected chi connectivity index (χ3v) is 3.61. The van der Waals surface area contributed by atoms with Crippen molar-refractivity contribution in [2.75, 3.05) is 0 Å². The Morgan fingerprint density at radius 3 is 2.55 bits per heavy atom. The average Bonchev–Trinajstić information content (AvgIpc) is 2.33. The van der Waals surface area contributed by atoms with E-state index in [1.165, 1.54) is 5.56 Å². The number of carbonyl (C=O) groups is 1. The van der Waals surface area contributed by atoms with Gasteiger partial charge >= 0.3 is 6.09 Å². The van der Waals surface area contributed by atoms with Gasteiger partial charge in [-0.1, -0.05) is 41.9 Å². The number of nitrogens with one attached hydrogen (secondary N) is 1. The summed E-state index contributed by atoms with van der Waals surface area (Å²) in [4.78, 5) is 11.9. The highest BCUT2D eigenvalue weighted by molar-refractivity contribution is 9.10. The van der Waals surface area contributed by atoms with Crippen LogP contribution < -0.4 is 5.32 Å². The lowest BCUT2D eigenvalue weighted by molar-refractivity contribution is 0.0496. The van der Waals surface area contributed by atoms with E-state index in [-0.39, 0.29) is 18.1 Å². The van der Waals surface area contributed by atoms with E-state index in [0.717, 1.165) is 10.9 Å². The van der Waals surface area contributed by atoms with Crippen LogP contribution in [0.5, 0.6) is 0 Å². The van der Waals surface area contributed by atoms with Crippen LogP contribution in [0.25, 0.3) is 0 Å². The van der Waals surface area contributed by atoms with Gasteiger partial charge in [0, 0.05) is 16.4 Å². The predicted molar refractivity (Wildman–Crippen MR) is 86.0 cm³/mol. The van der Waals surface area contributed by atoms with E-state index in [0.29, 0.717) is 0 Å². The van der Waals surface area contributed by atoms with Crippen molar-refractivity contribution in [1.29, 1.82) is 0 Å². The van der Waals surface area contributed by atoms with Crippen LogP contribution in [0, 0.1) is 0 Å². The molecule has 0 aliphatic heterocycles.